The number of alkyl halides is 3. The van der Waals surface area contributed by atoms with Crippen LogP contribution in [-0.4, -0.2) is 24.9 Å². The molecule has 1 unspecified atom stereocenters. The summed E-state index contributed by atoms with van der Waals surface area (Å²) in [5.41, 5.74) is -0.234. The monoisotopic (exact) mass is 384 g/mol. The molecular weight excluding hydrogens is 365 g/mol. The second-order valence-electron chi connectivity index (χ2n) is 5.56. The largest absolute Gasteiger partial charge is 0.497 e. The Kier molecular flexibility index (Phi) is 6.68. The Labute approximate surface area is 155 Å². The van der Waals surface area contributed by atoms with Gasteiger partial charge in [-0.1, -0.05) is 0 Å². The molecule has 0 saturated heterocycles. The van der Waals surface area contributed by atoms with Crippen LogP contribution in [0.2, 0.25) is 0 Å². The first-order chi connectivity index (χ1) is 12.3. The fourth-order valence-corrected chi connectivity index (χ4v) is 2.39. The summed E-state index contributed by atoms with van der Waals surface area (Å²) >= 11 is 5.17. The molecule has 0 radical (unpaired) electrons. The summed E-state index contributed by atoms with van der Waals surface area (Å²) in [7, 11) is 1.59. The van der Waals surface area contributed by atoms with Crippen molar-refractivity contribution >= 4 is 23.0 Å². The van der Waals surface area contributed by atoms with E-state index < -0.39 is 11.7 Å². The molecule has 2 rings (SSSR count). The van der Waals surface area contributed by atoms with Crippen LogP contribution in [-0.2, 0) is 6.18 Å². The third-order valence-corrected chi connectivity index (χ3v) is 3.63. The SMILES string of the molecule is COc1ccc(OCC(C)NC(=S)Nc2ccc(C(F)(F)F)cc2)cc1. The van der Waals surface area contributed by atoms with E-state index in [4.69, 9.17) is 21.7 Å². The fourth-order valence-electron chi connectivity index (χ4n) is 2.07. The van der Waals surface area contributed by atoms with Crippen LogP contribution in [0.3, 0.4) is 0 Å². The first kappa shape index (κ1) is 19.8. The van der Waals surface area contributed by atoms with Crippen molar-refractivity contribution in [2.24, 2.45) is 0 Å². The third kappa shape index (κ3) is 6.11. The molecule has 0 bridgehead atoms. The lowest BCUT2D eigenvalue weighted by Crippen LogP contribution is -2.39. The van der Waals surface area contributed by atoms with E-state index in [1.807, 2.05) is 6.92 Å². The molecule has 0 amide bonds. The molecule has 4 nitrogen and oxygen atoms in total. The summed E-state index contributed by atoms with van der Waals surface area (Å²) in [6.07, 6.45) is -4.36. The Balaban J connectivity index is 1.79. The molecular formula is C18H19F3N2O2S. The van der Waals surface area contributed by atoms with Crippen LogP contribution in [0.4, 0.5) is 18.9 Å². The number of methoxy groups -OCH3 is 1. The van der Waals surface area contributed by atoms with Crippen LogP contribution >= 0.6 is 12.2 Å². The van der Waals surface area contributed by atoms with Gasteiger partial charge in [-0.05, 0) is 67.7 Å². The highest BCUT2D eigenvalue weighted by molar-refractivity contribution is 7.80. The Hall–Kier alpha value is -2.48. The van der Waals surface area contributed by atoms with E-state index in [9.17, 15) is 13.2 Å². The average molecular weight is 384 g/mol. The topological polar surface area (TPSA) is 42.5 Å². The van der Waals surface area contributed by atoms with E-state index in [-0.39, 0.29) is 6.04 Å². The normalized spacial score (nSPS) is 12.2. The van der Waals surface area contributed by atoms with Crippen molar-refractivity contribution in [2.75, 3.05) is 19.0 Å². The molecule has 0 aliphatic rings. The van der Waals surface area contributed by atoms with Gasteiger partial charge in [0, 0.05) is 5.69 Å². The summed E-state index contributed by atoms with van der Waals surface area (Å²) in [6.45, 7) is 2.24. The Morgan fingerprint density at radius 3 is 2.15 bits per heavy atom. The zero-order valence-corrected chi connectivity index (χ0v) is 15.1. The molecule has 0 aliphatic carbocycles. The number of benzene rings is 2. The van der Waals surface area contributed by atoms with Gasteiger partial charge in [-0.25, -0.2) is 0 Å². The summed E-state index contributed by atoms with van der Waals surface area (Å²) in [4.78, 5) is 0. The van der Waals surface area contributed by atoms with E-state index in [1.54, 1.807) is 31.4 Å². The summed E-state index contributed by atoms with van der Waals surface area (Å²) in [6, 6.07) is 11.7. The van der Waals surface area contributed by atoms with E-state index >= 15 is 0 Å². The lowest BCUT2D eigenvalue weighted by molar-refractivity contribution is -0.137. The minimum Gasteiger partial charge on any atom is -0.497 e. The summed E-state index contributed by atoms with van der Waals surface area (Å²) in [5, 5.41) is 6.16. The summed E-state index contributed by atoms with van der Waals surface area (Å²) < 4.78 is 48.3. The van der Waals surface area contributed by atoms with E-state index in [1.165, 1.54) is 12.1 Å². The highest BCUT2D eigenvalue weighted by Crippen LogP contribution is 2.29. The zero-order valence-electron chi connectivity index (χ0n) is 14.3. The lowest BCUT2D eigenvalue weighted by Gasteiger charge is -2.18. The van der Waals surface area contributed by atoms with Crippen molar-refractivity contribution in [3.63, 3.8) is 0 Å². The average Bonchev–Trinajstić information content (AvgIpc) is 2.60. The number of nitrogens with one attached hydrogen (secondary N) is 2. The van der Waals surface area contributed by atoms with Crippen molar-refractivity contribution < 1.29 is 22.6 Å². The maximum Gasteiger partial charge on any atom is 0.416 e. The van der Waals surface area contributed by atoms with Crippen molar-refractivity contribution in [1.29, 1.82) is 0 Å². The zero-order chi connectivity index (χ0) is 19.2. The number of hydrogen-bond donors (Lipinski definition) is 2. The predicted octanol–water partition coefficient (Wildman–Crippen LogP) is 4.47. The van der Waals surface area contributed by atoms with Gasteiger partial charge >= 0.3 is 6.18 Å². The molecule has 0 heterocycles. The molecule has 0 spiro atoms. The van der Waals surface area contributed by atoms with Gasteiger partial charge in [0.05, 0.1) is 18.7 Å². The standard InChI is InChI=1S/C18H19F3N2O2S/c1-12(11-25-16-9-7-15(24-2)8-10-16)22-17(26)23-14-5-3-13(4-6-14)18(19,20)21/h3-10,12H,11H2,1-2H3,(H2,22,23,26). The molecule has 0 aromatic heterocycles. The number of thiocarbonyl (C=S) groups is 1. The van der Waals surface area contributed by atoms with Gasteiger partial charge in [0.2, 0.25) is 0 Å². The summed E-state index contributed by atoms with van der Waals surface area (Å²) in [5.74, 6) is 1.44. The van der Waals surface area contributed by atoms with Crippen molar-refractivity contribution in [2.45, 2.75) is 19.1 Å². The Morgan fingerprint density at radius 2 is 1.62 bits per heavy atom. The van der Waals surface area contributed by atoms with Gasteiger partial charge < -0.3 is 20.1 Å². The van der Waals surface area contributed by atoms with Gasteiger partial charge in [0.15, 0.2) is 5.11 Å². The highest BCUT2D eigenvalue weighted by atomic mass is 32.1. The van der Waals surface area contributed by atoms with Gasteiger partial charge in [-0.3, -0.25) is 0 Å². The fraction of sp³-hybridized carbons (Fsp3) is 0.278. The maximum atomic E-state index is 12.5. The first-order valence-electron chi connectivity index (χ1n) is 7.79. The van der Waals surface area contributed by atoms with Crippen LogP contribution in [0.5, 0.6) is 11.5 Å². The van der Waals surface area contributed by atoms with Crippen LogP contribution in [0, 0.1) is 0 Å². The number of halogens is 3. The number of rotatable bonds is 6. The quantitative estimate of drug-likeness (QED) is 0.720. The molecule has 0 saturated carbocycles. The van der Waals surface area contributed by atoms with Gasteiger partial charge in [0.25, 0.3) is 0 Å². The minimum atomic E-state index is -4.36. The number of anilines is 1. The van der Waals surface area contributed by atoms with Crippen LogP contribution in [0.15, 0.2) is 48.5 Å². The van der Waals surface area contributed by atoms with Gasteiger partial charge in [-0.2, -0.15) is 13.2 Å². The number of ether oxygens (including phenoxy) is 2. The van der Waals surface area contributed by atoms with E-state index in [2.05, 4.69) is 10.6 Å². The predicted molar refractivity (Wildman–Crippen MR) is 98.8 cm³/mol. The smallest absolute Gasteiger partial charge is 0.416 e. The van der Waals surface area contributed by atoms with Gasteiger partial charge in [0.1, 0.15) is 18.1 Å². The second-order valence-corrected chi connectivity index (χ2v) is 5.97. The highest BCUT2D eigenvalue weighted by Gasteiger charge is 2.29. The molecule has 0 aliphatic heterocycles. The van der Waals surface area contributed by atoms with Gasteiger partial charge in [-0.15, -0.1) is 0 Å². The lowest BCUT2D eigenvalue weighted by atomic mass is 10.2. The second kappa shape index (κ2) is 8.75. The first-order valence-corrected chi connectivity index (χ1v) is 8.20. The number of hydrogen-bond acceptors (Lipinski definition) is 3. The molecule has 8 heteroatoms. The Bertz CT molecular complexity index is 719. The van der Waals surface area contributed by atoms with Crippen LogP contribution in [0.25, 0.3) is 0 Å². The molecule has 2 aromatic rings. The van der Waals surface area contributed by atoms with Crippen molar-refractivity contribution in [3.8, 4) is 11.5 Å². The third-order valence-electron chi connectivity index (χ3n) is 3.41. The van der Waals surface area contributed by atoms with E-state index in [0.717, 1.165) is 17.9 Å². The van der Waals surface area contributed by atoms with Crippen molar-refractivity contribution in [3.05, 3.63) is 54.1 Å². The maximum absolute atomic E-state index is 12.5. The molecule has 26 heavy (non-hydrogen) atoms. The molecule has 1 atom stereocenters. The molecule has 0 fully saturated rings. The molecule has 2 aromatic carbocycles. The van der Waals surface area contributed by atoms with Crippen LogP contribution in [0.1, 0.15) is 12.5 Å². The minimum absolute atomic E-state index is 0.105. The molecule has 140 valence electrons. The van der Waals surface area contributed by atoms with E-state index in [0.29, 0.717) is 23.2 Å². The molecule has 2 N–H and O–H groups in total. The van der Waals surface area contributed by atoms with Crippen molar-refractivity contribution in [1.82, 2.24) is 5.32 Å². The Morgan fingerprint density at radius 1 is 1.04 bits per heavy atom. The van der Waals surface area contributed by atoms with Crippen LogP contribution < -0.4 is 20.1 Å².